The van der Waals surface area contributed by atoms with Crippen LogP contribution in [0.5, 0.6) is 11.5 Å². The van der Waals surface area contributed by atoms with Gasteiger partial charge < -0.3 is 19.7 Å². The van der Waals surface area contributed by atoms with E-state index in [4.69, 9.17) is 9.47 Å². The predicted octanol–water partition coefficient (Wildman–Crippen LogP) is 1.13. The van der Waals surface area contributed by atoms with Crippen LogP contribution in [0, 0.1) is 11.8 Å². The van der Waals surface area contributed by atoms with Gasteiger partial charge in [-0.3, -0.25) is 4.79 Å². The van der Waals surface area contributed by atoms with Crippen molar-refractivity contribution in [1.82, 2.24) is 5.32 Å². The Bertz CT molecular complexity index is 604. The van der Waals surface area contributed by atoms with Crippen molar-refractivity contribution in [2.45, 2.75) is 38.6 Å². The van der Waals surface area contributed by atoms with Crippen LogP contribution in [0.2, 0.25) is 0 Å². The van der Waals surface area contributed by atoms with E-state index in [1.807, 2.05) is 18.2 Å². The fourth-order valence-electron chi connectivity index (χ4n) is 4.50. The first-order valence-electron chi connectivity index (χ1n) is 9.27. The van der Waals surface area contributed by atoms with E-state index in [0.29, 0.717) is 13.1 Å². The highest BCUT2D eigenvalue weighted by Gasteiger charge is 2.34. The summed E-state index contributed by atoms with van der Waals surface area (Å²) in [6.07, 6.45) is 6.87. The molecule has 1 aromatic carbocycles. The van der Waals surface area contributed by atoms with Crippen LogP contribution in [0.4, 0.5) is 0 Å². The molecule has 1 saturated carbocycles. The molecule has 2 fully saturated rings. The van der Waals surface area contributed by atoms with Gasteiger partial charge in [0.1, 0.15) is 0 Å². The van der Waals surface area contributed by atoms with Gasteiger partial charge in [0.05, 0.1) is 13.1 Å². The minimum atomic E-state index is 0.150. The number of amides is 1. The van der Waals surface area contributed by atoms with Gasteiger partial charge in [0.2, 0.25) is 6.79 Å². The summed E-state index contributed by atoms with van der Waals surface area (Å²) in [4.78, 5) is 13.8. The van der Waals surface area contributed by atoms with Gasteiger partial charge in [-0.25, -0.2) is 0 Å². The summed E-state index contributed by atoms with van der Waals surface area (Å²) in [6.45, 7) is 3.77. The Morgan fingerprint density at radius 1 is 1.12 bits per heavy atom. The fraction of sp³-hybridized carbons (Fsp3) is 0.632. The molecule has 1 amide bonds. The molecule has 0 bridgehead atoms. The van der Waals surface area contributed by atoms with Crippen molar-refractivity contribution in [2.24, 2.45) is 11.8 Å². The number of hydrogen-bond acceptors (Lipinski definition) is 3. The Hall–Kier alpha value is -1.75. The number of carbonyl (C=O) groups is 1. The molecule has 1 unspecified atom stereocenters. The van der Waals surface area contributed by atoms with Crippen molar-refractivity contribution in [3.63, 3.8) is 0 Å². The highest BCUT2D eigenvalue weighted by Crippen LogP contribution is 2.33. The lowest BCUT2D eigenvalue weighted by molar-refractivity contribution is -0.902. The van der Waals surface area contributed by atoms with Gasteiger partial charge in [0.25, 0.3) is 5.91 Å². The monoisotopic (exact) mass is 331 g/mol. The maximum absolute atomic E-state index is 12.3. The van der Waals surface area contributed by atoms with Gasteiger partial charge in [-0.15, -0.1) is 0 Å². The van der Waals surface area contributed by atoms with E-state index in [-0.39, 0.29) is 12.7 Å². The molecule has 3 aliphatic rings. The van der Waals surface area contributed by atoms with Crippen molar-refractivity contribution >= 4 is 5.91 Å². The summed E-state index contributed by atoms with van der Waals surface area (Å²) in [5.74, 6) is 3.48. The topological polar surface area (TPSA) is 52.0 Å². The summed E-state index contributed by atoms with van der Waals surface area (Å²) < 4.78 is 10.7. The normalized spacial score (nSPS) is 28.2. The molecule has 1 saturated heterocycles. The molecule has 1 aliphatic carbocycles. The Labute approximate surface area is 143 Å². The lowest BCUT2D eigenvalue weighted by Crippen LogP contribution is -3.15. The molecule has 2 aliphatic heterocycles. The molecule has 5 heteroatoms. The Morgan fingerprint density at radius 3 is 2.88 bits per heavy atom. The zero-order valence-corrected chi connectivity index (χ0v) is 14.2. The number of likely N-dealkylation sites (tertiary alicyclic amines) is 1. The maximum atomic E-state index is 12.3. The Kier molecular flexibility index (Phi) is 4.60. The van der Waals surface area contributed by atoms with Gasteiger partial charge in [0.15, 0.2) is 18.0 Å². The van der Waals surface area contributed by atoms with Crippen LogP contribution >= 0.6 is 0 Å². The van der Waals surface area contributed by atoms with E-state index in [2.05, 4.69) is 5.32 Å². The first-order chi connectivity index (χ1) is 11.8. The van der Waals surface area contributed by atoms with E-state index in [1.165, 1.54) is 43.5 Å². The van der Waals surface area contributed by atoms with Crippen LogP contribution in [0.1, 0.15) is 37.7 Å². The van der Waals surface area contributed by atoms with Gasteiger partial charge >= 0.3 is 0 Å². The third kappa shape index (κ3) is 3.51. The number of hydrogen-bond donors (Lipinski definition) is 2. The summed E-state index contributed by atoms with van der Waals surface area (Å²) in [7, 11) is 0. The van der Waals surface area contributed by atoms with Crippen molar-refractivity contribution < 1.29 is 19.2 Å². The molecule has 5 nitrogen and oxygen atoms in total. The summed E-state index contributed by atoms with van der Waals surface area (Å²) >= 11 is 0. The SMILES string of the molecule is O=C(C[NH+]1CC[C@H]2CCCC[C@@H]2C1)NCc1ccc2c(c1)OCO2. The van der Waals surface area contributed by atoms with Crippen LogP contribution in [-0.4, -0.2) is 32.3 Å². The number of ether oxygens (including phenoxy) is 2. The minimum Gasteiger partial charge on any atom is -0.454 e. The number of nitrogens with one attached hydrogen (secondary N) is 2. The molecule has 0 aromatic heterocycles. The van der Waals surface area contributed by atoms with Crippen LogP contribution in [0.3, 0.4) is 0 Å². The Morgan fingerprint density at radius 2 is 1.96 bits per heavy atom. The predicted molar refractivity (Wildman–Crippen MR) is 90.0 cm³/mol. The summed E-state index contributed by atoms with van der Waals surface area (Å²) in [5, 5.41) is 3.05. The first-order valence-corrected chi connectivity index (χ1v) is 9.27. The number of carbonyl (C=O) groups excluding carboxylic acids is 1. The number of quaternary nitrogens is 1. The third-order valence-corrected chi connectivity index (χ3v) is 5.82. The number of piperidine rings is 1. The van der Waals surface area contributed by atoms with E-state index in [9.17, 15) is 4.79 Å². The lowest BCUT2D eigenvalue weighted by atomic mass is 9.75. The molecule has 3 atom stereocenters. The van der Waals surface area contributed by atoms with Gasteiger partial charge in [0, 0.05) is 12.5 Å². The van der Waals surface area contributed by atoms with Crippen LogP contribution in [0.25, 0.3) is 0 Å². The Balaban J connectivity index is 1.25. The second-order valence-electron chi connectivity index (χ2n) is 7.44. The van der Waals surface area contributed by atoms with Crippen LogP contribution in [-0.2, 0) is 11.3 Å². The zero-order chi connectivity index (χ0) is 16.4. The van der Waals surface area contributed by atoms with Gasteiger partial charge in [-0.2, -0.15) is 0 Å². The van der Waals surface area contributed by atoms with Gasteiger partial charge in [-0.1, -0.05) is 18.9 Å². The van der Waals surface area contributed by atoms with E-state index in [1.54, 1.807) is 0 Å². The number of rotatable bonds is 4. The number of benzene rings is 1. The average Bonchev–Trinajstić information content (AvgIpc) is 3.07. The van der Waals surface area contributed by atoms with Crippen LogP contribution in [0.15, 0.2) is 18.2 Å². The van der Waals surface area contributed by atoms with Crippen molar-refractivity contribution in [3.05, 3.63) is 23.8 Å². The van der Waals surface area contributed by atoms with Crippen molar-refractivity contribution in [1.29, 1.82) is 0 Å². The molecule has 1 aromatic rings. The highest BCUT2D eigenvalue weighted by molar-refractivity contribution is 5.76. The molecule has 130 valence electrons. The van der Waals surface area contributed by atoms with E-state index < -0.39 is 0 Å². The van der Waals surface area contributed by atoms with Crippen molar-refractivity contribution in [3.8, 4) is 11.5 Å². The number of fused-ring (bicyclic) bond motifs is 2. The molecule has 4 rings (SSSR count). The zero-order valence-electron chi connectivity index (χ0n) is 14.2. The quantitative estimate of drug-likeness (QED) is 0.870. The molecule has 2 heterocycles. The largest absolute Gasteiger partial charge is 0.454 e. The molecule has 2 N–H and O–H groups in total. The molecular formula is C19H27N2O3+. The molecular weight excluding hydrogens is 304 g/mol. The van der Waals surface area contributed by atoms with E-state index in [0.717, 1.165) is 35.4 Å². The molecule has 0 radical (unpaired) electrons. The average molecular weight is 331 g/mol. The van der Waals surface area contributed by atoms with Gasteiger partial charge in [-0.05, 0) is 42.9 Å². The van der Waals surface area contributed by atoms with Crippen LogP contribution < -0.4 is 19.7 Å². The second kappa shape index (κ2) is 7.01. The smallest absolute Gasteiger partial charge is 0.275 e. The standard InChI is InChI=1S/C19H26N2O3/c22-19(12-21-8-7-15-3-1-2-4-16(15)11-21)20-10-14-5-6-17-18(9-14)24-13-23-17/h5-6,9,15-16H,1-4,7-8,10-13H2,(H,20,22)/p+1/t15-,16-/m1/s1. The second-order valence-corrected chi connectivity index (χ2v) is 7.44. The third-order valence-electron chi connectivity index (χ3n) is 5.82. The fourth-order valence-corrected chi connectivity index (χ4v) is 4.50. The highest BCUT2D eigenvalue weighted by atomic mass is 16.7. The lowest BCUT2D eigenvalue weighted by Gasteiger charge is -2.38. The van der Waals surface area contributed by atoms with Crippen molar-refractivity contribution in [2.75, 3.05) is 26.4 Å². The molecule has 0 spiro atoms. The summed E-state index contributed by atoms with van der Waals surface area (Å²) in [5.41, 5.74) is 1.05. The maximum Gasteiger partial charge on any atom is 0.275 e. The minimum absolute atomic E-state index is 0.150. The first kappa shape index (κ1) is 15.8. The molecule has 24 heavy (non-hydrogen) atoms. The summed E-state index contributed by atoms with van der Waals surface area (Å²) in [6, 6.07) is 5.83. The van der Waals surface area contributed by atoms with E-state index >= 15 is 0 Å².